The minimum Gasteiger partial charge on any atom is -0.426 e. The molecule has 0 aromatic heterocycles. The number of carbonyl (C=O) groups excluding carboxylic acids is 1. The van der Waals surface area contributed by atoms with Crippen LogP contribution in [0.2, 0.25) is 0 Å². The second kappa shape index (κ2) is 8.33. The van der Waals surface area contributed by atoms with Crippen molar-refractivity contribution in [2.24, 2.45) is 11.8 Å². The van der Waals surface area contributed by atoms with Crippen molar-refractivity contribution in [3.05, 3.63) is 54.4 Å². The van der Waals surface area contributed by atoms with Gasteiger partial charge in [-0.15, -0.1) is 6.58 Å². The molecule has 0 amide bonds. The van der Waals surface area contributed by atoms with E-state index >= 15 is 0 Å². The topological polar surface area (TPSA) is 26.3 Å². The van der Waals surface area contributed by atoms with Crippen LogP contribution in [0.25, 0.3) is 10.8 Å². The highest BCUT2D eigenvalue weighted by atomic mass is 19.4. The molecule has 1 saturated carbocycles. The molecule has 1 aliphatic carbocycles. The van der Waals surface area contributed by atoms with Crippen LogP contribution in [0.1, 0.15) is 44.1 Å². The highest BCUT2D eigenvalue weighted by Crippen LogP contribution is 2.36. The van der Waals surface area contributed by atoms with Gasteiger partial charge in [-0.1, -0.05) is 12.1 Å². The molecular formula is C22H22F4O2. The van der Waals surface area contributed by atoms with Gasteiger partial charge in [0.05, 0.1) is 11.5 Å². The number of allylic oxidation sites excluding steroid dienone is 1. The van der Waals surface area contributed by atoms with Crippen molar-refractivity contribution in [2.75, 3.05) is 0 Å². The van der Waals surface area contributed by atoms with Gasteiger partial charge in [0, 0.05) is 5.39 Å². The minimum atomic E-state index is -4.76. The smallest absolute Gasteiger partial charge is 0.419 e. The van der Waals surface area contributed by atoms with Gasteiger partial charge in [0.25, 0.3) is 0 Å². The molecule has 0 radical (unpaired) electrons. The average molecular weight is 394 g/mol. The Balaban J connectivity index is 1.68. The van der Waals surface area contributed by atoms with Crippen molar-refractivity contribution in [1.29, 1.82) is 0 Å². The number of alkyl halides is 3. The number of carbonyl (C=O) groups is 1. The molecule has 1 fully saturated rings. The maximum Gasteiger partial charge on any atom is 0.419 e. The molecule has 150 valence electrons. The van der Waals surface area contributed by atoms with E-state index in [1.54, 1.807) is 0 Å². The van der Waals surface area contributed by atoms with Crippen LogP contribution in [-0.2, 0) is 11.0 Å². The Labute approximate surface area is 161 Å². The van der Waals surface area contributed by atoms with Crippen molar-refractivity contribution in [3.8, 4) is 5.75 Å². The summed E-state index contributed by atoms with van der Waals surface area (Å²) in [7, 11) is 0. The zero-order valence-corrected chi connectivity index (χ0v) is 15.4. The fourth-order valence-corrected chi connectivity index (χ4v) is 3.79. The van der Waals surface area contributed by atoms with Crippen LogP contribution < -0.4 is 4.74 Å². The van der Waals surface area contributed by atoms with Gasteiger partial charge < -0.3 is 4.74 Å². The van der Waals surface area contributed by atoms with Crippen LogP contribution in [-0.4, -0.2) is 5.97 Å². The molecule has 0 aliphatic heterocycles. The van der Waals surface area contributed by atoms with E-state index in [9.17, 15) is 22.4 Å². The number of rotatable bonds is 5. The third-order valence-electron chi connectivity index (χ3n) is 5.41. The first-order chi connectivity index (χ1) is 13.3. The van der Waals surface area contributed by atoms with Gasteiger partial charge in [-0.2, -0.15) is 13.2 Å². The Bertz CT molecular complexity index is 865. The van der Waals surface area contributed by atoms with Crippen LogP contribution in [0.3, 0.4) is 0 Å². The predicted molar refractivity (Wildman–Crippen MR) is 99.4 cm³/mol. The van der Waals surface area contributed by atoms with E-state index in [-0.39, 0.29) is 28.4 Å². The SMILES string of the molecule is C=CCCC1CCC(C(=O)Oc2ccc3c(F)c(C(F)(F)F)ccc3c2)CC1. The molecule has 2 aromatic carbocycles. The summed E-state index contributed by atoms with van der Waals surface area (Å²) in [4.78, 5) is 12.4. The normalized spacial score (nSPS) is 20.1. The van der Waals surface area contributed by atoms with E-state index in [0.29, 0.717) is 12.0 Å². The lowest BCUT2D eigenvalue weighted by Crippen LogP contribution is -2.25. The Hall–Kier alpha value is -2.37. The third-order valence-corrected chi connectivity index (χ3v) is 5.41. The number of benzene rings is 2. The number of esters is 1. The fourth-order valence-electron chi connectivity index (χ4n) is 3.79. The molecule has 6 heteroatoms. The van der Waals surface area contributed by atoms with Crippen LogP contribution in [0.4, 0.5) is 17.6 Å². The second-order valence-electron chi connectivity index (χ2n) is 7.31. The molecule has 28 heavy (non-hydrogen) atoms. The largest absolute Gasteiger partial charge is 0.426 e. The molecule has 0 saturated heterocycles. The maximum atomic E-state index is 14.1. The highest BCUT2D eigenvalue weighted by Gasteiger charge is 2.34. The summed E-state index contributed by atoms with van der Waals surface area (Å²) in [5, 5.41) is 0.0984. The van der Waals surface area contributed by atoms with Crippen LogP contribution in [0.5, 0.6) is 5.75 Å². The van der Waals surface area contributed by atoms with Gasteiger partial charge in [0.1, 0.15) is 11.6 Å². The van der Waals surface area contributed by atoms with Crippen LogP contribution >= 0.6 is 0 Å². The molecule has 0 bridgehead atoms. The summed E-state index contributed by atoms with van der Waals surface area (Å²) in [6.45, 7) is 3.73. The summed E-state index contributed by atoms with van der Waals surface area (Å²) in [5.74, 6) is -1.02. The summed E-state index contributed by atoms with van der Waals surface area (Å²) >= 11 is 0. The van der Waals surface area contributed by atoms with Crippen LogP contribution in [0.15, 0.2) is 43.0 Å². The van der Waals surface area contributed by atoms with Gasteiger partial charge in [0.15, 0.2) is 0 Å². The summed E-state index contributed by atoms with van der Waals surface area (Å²) in [5.41, 5.74) is -1.31. The number of hydrogen-bond acceptors (Lipinski definition) is 2. The Morgan fingerprint density at radius 2 is 1.86 bits per heavy atom. The first kappa shape index (κ1) is 20.4. The standard InChI is InChI=1S/C22H22F4O2/c1-2-3-4-14-5-7-15(8-6-14)21(27)28-17-10-11-18-16(13-17)9-12-19(20(18)23)22(24,25)26/h2,9-15H,1,3-8H2. The van der Waals surface area contributed by atoms with E-state index in [1.165, 1.54) is 24.3 Å². The maximum absolute atomic E-state index is 14.1. The van der Waals surface area contributed by atoms with Gasteiger partial charge in [-0.05, 0) is 74.1 Å². The molecular weight excluding hydrogens is 372 g/mol. The summed E-state index contributed by atoms with van der Waals surface area (Å²) in [6.07, 6.45) is 2.67. The van der Waals surface area contributed by atoms with E-state index < -0.39 is 17.6 Å². The molecule has 2 nitrogen and oxygen atoms in total. The molecule has 0 atom stereocenters. The van der Waals surface area contributed by atoms with E-state index in [1.807, 2.05) is 6.08 Å². The molecule has 2 aromatic rings. The third kappa shape index (κ3) is 4.54. The monoisotopic (exact) mass is 394 g/mol. The Morgan fingerprint density at radius 3 is 2.50 bits per heavy atom. The molecule has 0 N–H and O–H groups in total. The molecule has 0 spiro atoms. The quantitative estimate of drug-likeness (QED) is 0.245. The van der Waals surface area contributed by atoms with Crippen molar-refractivity contribution in [3.63, 3.8) is 0 Å². The lowest BCUT2D eigenvalue weighted by molar-refractivity contribution is -0.140. The van der Waals surface area contributed by atoms with Crippen molar-refractivity contribution < 1.29 is 27.1 Å². The van der Waals surface area contributed by atoms with Gasteiger partial charge in [-0.25, -0.2) is 4.39 Å². The fraction of sp³-hybridized carbons (Fsp3) is 0.409. The first-order valence-corrected chi connectivity index (χ1v) is 9.41. The van der Waals surface area contributed by atoms with E-state index in [4.69, 9.17) is 4.74 Å². The number of ether oxygens (including phenoxy) is 1. The molecule has 0 unspecified atom stereocenters. The average Bonchev–Trinajstić information content (AvgIpc) is 2.66. The van der Waals surface area contributed by atoms with Gasteiger partial charge in [-0.3, -0.25) is 4.79 Å². The lowest BCUT2D eigenvalue weighted by atomic mass is 9.80. The number of fused-ring (bicyclic) bond motifs is 1. The van der Waals surface area contributed by atoms with Crippen LogP contribution in [0, 0.1) is 17.7 Å². The van der Waals surface area contributed by atoms with E-state index in [2.05, 4.69) is 6.58 Å². The Morgan fingerprint density at radius 1 is 1.14 bits per heavy atom. The molecule has 0 heterocycles. The second-order valence-corrected chi connectivity index (χ2v) is 7.31. The van der Waals surface area contributed by atoms with Crippen molar-refractivity contribution in [1.82, 2.24) is 0 Å². The Kier molecular flexibility index (Phi) is 6.06. The highest BCUT2D eigenvalue weighted by molar-refractivity contribution is 5.86. The van der Waals surface area contributed by atoms with Gasteiger partial charge >= 0.3 is 12.1 Å². The number of halogens is 4. The summed E-state index contributed by atoms with van der Waals surface area (Å²) in [6, 6.07) is 5.83. The number of hydrogen-bond donors (Lipinski definition) is 0. The predicted octanol–water partition coefficient (Wildman–Crippen LogP) is 6.68. The zero-order chi connectivity index (χ0) is 20.3. The molecule has 3 rings (SSSR count). The van der Waals surface area contributed by atoms with Crippen molar-refractivity contribution in [2.45, 2.75) is 44.7 Å². The van der Waals surface area contributed by atoms with E-state index in [0.717, 1.165) is 38.5 Å². The first-order valence-electron chi connectivity index (χ1n) is 9.41. The zero-order valence-electron chi connectivity index (χ0n) is 15.4. The minimum absolute atomic E-state index is 0.155. The molecule has 1 aliphatic rings. The summed E-state index contributed by atoms with van der Waals surface area (Å²) < 4.78 is 58.0. The van der Waals surface area contributed by atoms with Crippen molar-refractivity contribution >= 4 is 16.7 Å². The van der Waals surface area contributed by atoms with Gasteiger partial charge in [0.2, 0.25) is 0 Å². The lowest BCUT2D eigenvalue weighted by Gasteiger charge is -2.26.